The van der Waals surface area contributed by atoms with Gasteiger partial charge in [0.25, 0.3) is 0 Å². The van der Waals surface area contributed by atoms with Crippen LogP contribution in [0.4, 0.5) is 4.79 Å². The summed E-state index contributed by atoms with van der Waals surface area (Å²) in [5, 5.41) is 6.63. The van der Waals surface area contributed by atoms with Crippen LogP contribution in [-0.2, 0) is 14.8 Å². The van der Waals surface area contributed by atoms with E-state index in [4.69, 9.17) is 4.74 Å². The van der Waals surface area contributed by atoms with Crippen LogP contribution in [0.15, 0.2) is 4.99 Å². The van der Waals surface area contributed by atoms with Crippen LogP contribution in [0.2, 0.25) is 0 Å². The normalized spacial score (nSPS) is 16.9. The molecule has 10 heteroatoms. The molecule has 0 radical (unpaired) electrons. The fourth-order valence-corrected chi connectivity index (χ4v) is 4.28. The molecule has 30 heavy (non-hydrogen) atoms. The number of carbonyl (C=O) groups is 1. The Balaban J connectivity index is 2.62. The maximum atomic E-state index is 12.4. The SMILES string of the molecule is CCCN(CCN=C(NCC)NC1CCN(S(=O)(=O)CC)CC1)C(=O)OC(C)(C)C. The highest BCUT2D eigenvalue weighted by atomic mass is 32.2. The second-order valence-corrected chi connectivity index (χ2v) is 10.7. The van der Waals surface area contributed by atoms with Gasteiger partial charge in [-0.15, -0.1) is 0 Å². The summed E-state index contributed by atoms with van der Waals surface area (Å²) in [5.41, 5.74) is -0.525. The number of nitrogens with one attached hydrogen (secondary N) is 2. The van der Waals surface area contributed by atoms with Gasteiger partial charge in [-0.2, -0.15) is 0 Å². The molecule has 0 saturated carbocycles. The van der Waals surface area contributed by atoms with Crippen LogP contribution in [0.5, 0.6) is 0 Å². The summed E-state index contributed by atoms with van der Waals surface area (Å²) in [6, 6.07) is 0.170. The lowest BCUT2D eigenvalue weighted by Crippen LogP contribution is -2.50. The van der Waals surface area contributed by atoms with Crippen molar-refractivity contribution in [1.29, 1.82) is 0 Å². The highest BCUT2D eigenvalue weighted by Gasteiger charge is 2.27. The van der Waals surface area contributed by atoms with Gasteiger partial charge in [-0.05, 0) is 53.9 Å². The molecule has 0 unspecified atom stereocenters. The maximum absolute atomic E-state index is 12.4. The van der Waals surface area contributed by atoms with E-state index in [0.29, 0.717) is 38.7 Å². The van der Waals surface area contributed by atoms with Crippen LogP contribution >= 0.6 is 0 Å². The predicted molar refractivity (Wildman–Crippen MR) is 121 cm³/mol. The summed E-state index contributed by atoms with van der Waals surface area (Å²) in [5.74, 6) is 0.830. The van der Waals surface area contributed by atoms with Gasteiger partial charge in [0.2, 0.25) is 10.0 Å². The summed E-state index contributed by atoms with van der Waals surface area (Å²) in [4.78, 5) is 18.7. The first-order valence-electron chi connectivity index (χ1n) is 11.0. The molecule has 9 nitrogen and oxygen atoms in total. The lowest BCUT2D eigenvalue weighted by Gasteiger charge is -2.32. The van der Waals surface area contributed by atoms with E-state index in [1.165, 1.54) is 0 Å². The molecule has 1 saturated heterocycles. The number of hydrogen-bond acceptors (Lipinski definition) is 5. The fraction of sp³-hybridized carbons (Fsp3) is 0.900. The summed E-state index contributed by atoms with van der Waals surface area (Å²) >= 11 is 0. The van der Waals surface area contributed by atoms with Crippen molar-refractivity contribution in [3.8, 4) is 0 Å². The Kier molecular flexibility index (Phi) is 10.9. The van der Waals surface area contributed by atoms with E-state index in [9.17, 15) is 13.2 Å². The Morgan fingerprint density at radius 3 is 2.30 bits per heavy atom. The Hall–Kier alpha value is -1.55. The summed E-state index contributed by atoms with van der Waals surface area (Å²) < 4.78 is 31.1. The van der Waals surface area contributed by atoms with Gasteiger partial charge in [0, 0.05) is 38.8 Å². The van der Waals surface area contributed by atoms with Crippen LogP contribution in [0, 0.1) is 0 Å². The van der Waals surface area contributed by atoms with Gasteiger partial charge in [-0.1, -0.05) is 6.92 Å². The molecule has 1 fully saturated rings. The zero-order chi connectivity index (χ0) is 22.8. The summed E-state index contributed by atoms with van der Waals surface area (Å²) in [6.07, 6.45) is 2.01. The maximum Gasteiger partial charge on any atom is 0.410 e. The quantitative estimate of drug-likeness (QED) is 0.414. The van der Waals surface area contributed by atoms with E-state index >= 15 is 0 Å². The fourth-order valence-electron chi connectivity index (χ4n) is 3.15. The number of rotatable bonds is 9. The number of nitrogens with zero attached hydrogens (tertiary/aromatic N) is 3. The molecule has 2 N–H and O–H groups in total. The average Bonchev–Trinajstić information content (AvgIpc) is 2.66. The van der Waals surface area contributed by atoms with Crippen molar-refractivity contribution in [2.45, 2.75) is 72.4 Å². The molecule has 1 aliphatic rings. The number of carbonyl (C=O) groups excluding carboxylic acids is 1. The average molecular weight is 448 g/mol. The van der Waals surface area contributed by atoms with Gasteiger partial charge < -0.3 is 20.3 Å². The first-order chi connectivity index (χ1) is 14.0. The van der Waals surface area contributed by atoms with Crippen molar-refractivity contribution in [2.75, 3.05) is 45.0 Å². The van der Waals surface area contributed by atoms with Crippen molar-refractivity contribution in [2.24, 2.45) is 4.99 Å². The van der Waals surface area contributed by atoms with Crippen LogP contribution in [-0.4, -0.2) is 86.3 Å². The Bertz CT molecular complexity index is 653. The molecular weight excluding hydrogens is 406 g/mol. The molecule has 0 aromatic rings. The van der Waals surface area contributed by atoms with Gasteiger partial charge in [0.1, 0.15) is 5.60 Å². The lowest BCUT2D eigenvalue weighted by atomic mass is 10.1. The van der Waals surface area contributed by atoms with Gasteiger partial charge >= 0.3 is 6.09 Å². The lowest BCUT2D eigenvalue weighted by molar-refractivity contribution is 0.0256. The monoisotopic (exact) mass is 447 g/mol. The number of guanidine groups is 1. The smallest absolute Gasteiger partial charge is 0.410 e. The Morgan fingerprint density at radius 1 is 1.17 bits per heavy atom. The molecule has 1 aliphatic heterocycles. The first kappa shape index (κ1) is 26.5. The number of piperidine rings is 1. The molecule has 0 aromatic heterocycles. The van der Waals surface area contributed by atoms with Crippen LogP contribution in [0.1, 0.15) is 60.8 Å². The van der Waals surface area contributed by atoms with Gasteiger partial charge in [-0.25, -0.2) is 17.5 Å². The van der Waals surface area contributed by atoms with E-state index in [1.54, 1.807) is 16.1 Å². The second-order valence-electron chi connectivity index (χ2n) is 8.45. The van der Waals surface area contributed by atoms with Crippen LogP contribution in [0.25, 0.3) is 0 Å². The molecule has 1 rings (SSSR count). The summed E-state index contributed by atoms with van der Waals surface area (Å²) in [7, 11) is -3.12. The second kappa shape index (κ2) is 12.3. The summed E-state index contributed by atoms with van der Waals surface area (Å²) in [6.45, 7) is 14.6. The van der Waals surface area contributed by atoms with Crippen molar-refractivity contribution < 1.29 is 17.9 Å². The number of hydrogen-bond donors (Lipinski definition) is 2. The van der Waals surface area contributed by atoms with E-state index in [1.807, 2.05) is 34.6 Å². The molecule has 0 aliphatic carbocycles. The van der Waals surface area contributed by atoms with Crippen molar-refractivity contribution in [3.63, 3.8) is 0 Å². The minimum absolute atomic E-state index is 0.140. The van der Waals surface area contributed by atoms with Crippen molar-refractivity contribution in [1.82, 2.24) is 19.8 Å². The number of aliphatic imine (C=N–C) groups is 1. The van der Waals surface area contributed by atoms with Crippen molar-refractivity contribution >= 4 is 22.1 Å². The highest BCUT2D eigenvalue weighted by Crippen LogP contribution is 2.14. The molecule has 0 bridgehead atoms. The molecule has 1 amide bonds. The third kappa shape index (κ3) is 9.51. The van der Waals surface area contributed by atoms with Crippen molar-refractivity contribution in [3.05, 3.63) is 0 Å². The third-order valence-electron chi connectivity index (χ3n) is 4.68. The van der Waals surface area contributed by atoms with E-state index in [-0.39, 0.29) is 17.9 Å². The molecule has 0 spiro atoms. The molecular formula is C20H41N5O4S. The zero-order valence-electron chi connectivity index (χ0n) is 19.5. The van der Waals surface area contributed by atoms with E-state index < -0.39 is 15.6 Å². The highest BCUT2D eigenvalue weighted by molar-refractivity contribution is 7.89. The van der Waals surface area contributed by atoms with E-state index in [0.717, 1.165) is 25.8 Å². The van der Waals surface area contributed by atoms with Gasteiger partial charge in [0.05, 0.1) is 12.3 Å². The van der Waals surface area contributed by atoms with Crippen LogP contribution in [0.3, 0.4) is 0 Å². The molecule has 176 valence electrons. The standard InChI is InChI=1S/C20H41N5O4S/c1-7-13-24(19(26)29-20(4,5)6)16-12-22-18(21-8-2)23-17-10-14-25(15-11-17)30(27,28)9-3/h17H,7-16H2,1-6H3,(H2,21,22,23). The minimum Gasteiger partial charge on any atom is -0.444 e. The van der Waals surface area contributed by atoms with Crippen LogP contribution < -0.4 is 10.6 Å². The first-order valence-corrected chi connectivity index (χ1v) is 12.6. The largest absolute Gasteiger partial charge is 0.444 e. The topological polar surface area (TPSA) is 103 Å². The molecule has 0 aromatic carbocycles. The molecule has 0 atom stereocenters. The number of ether oxygens (including phenoxy) is 1. The number of sulfonamides is 1. The molecule has 1 heterocycles. The zero-order valence-corrected chi connectivity index (χ0v) is 20.3. The Labute approximate surface area is 182 Å². The Morgan fingerprint density at radius 2 is 1.80 bits per heavy atom. The minimum atomic E-state index is -3.12. The van der Waals surface area contributed by atoms with Gasteiger partial charge in [0.15, 0.2) is 5.96 Å². The van der Waals surface area contributed by atoms with Gasteiger partial charge in [-0.3, -0.25) is 4.99 Å². The number of amides is 1. The predicted octanol–water partition coefficient (Wildman–Crippen LogP) is 2.00. The third-order valence-corrected chi connectivity index (χ3v) is 6.56. The van der Waals surface area contributed by atoms with E-state index in [2.05, 4.69) is 15.6 Å².